The Kier molecular flexibility index (Phi) is 3.35. The van der Waals surface area contributed by atoms with Gasteiger partial charge in [0, 0.05) is 28.7 Å². The lowest BCUT2D eigenvalue weighted by Gasteiger charge is -2.22. The van der Waals surface area contributed by atoms with Crippen LogP contribution in [0.1, 0.15) is 24.5 Å². The van der Waals surface area contributed by atoms with Gasteiger partial charge < -0.3 is 5.32 Å². The van der Waals surface area contributed by atoms with Crippen molar-refractivity contribution in [3.63, 3.8) is 0 Å². The number of piperidine rings is 1. The van der Waals surface area contributed by atoms with E-state index in [0.29, 0.717) is 5.92 Å². The van der Waals surface area contributed by atoms with Crippen LogP contribution in [-0.4, -0.2) is 23.3 Å². The van der Waals surface area contributed by atoms with Crippen LogP contribution in [0.25, 0.3) is 11.1 Å². The van der Waals surface area contributed by atoms with Crippen molar-refractivity contribution >= 4 is 11.6 Å². The molecule has 4 heteroatoms. The van der Waals surface area contributed by atoms with Gasteiger partial charge in [0.1, 0.15) is 0 Å². The molecule has 1 aromatic carbocycles. The van der Waals surface area contributed by atoms with E-state index in [2.05, 4.69) is 15.5 Å². The summed E-state index contributed by atoms with van der Waals surface area (Å²) in [6.45, 7) is 2.16. The highest BCUT2D eigenvalue weighted by molar-refractivity contribution is 6.30. The van der Waals surface area contributed by atoms with E-state index in [4.69, 9.17) is 11.6 Å². The van der Waals surface area contributed by atoms with Gasteiger partial charge in [0.05, 0.1) is 6.20 Å². The molecule has 1 aliphatic heterocycles. The summed E-state index contributed by atoms with van der Waals surface area (Å²) in [6.07, 6.45) is 4.35. The number of halogens is 1. The monoisotopic (exact) mass is 261 g/mol. The molecule has 1 saturated heterocycles. The van der Waals surface area contributed by atoms with E-state index in [9.17, 15) is 0 Å². The molecule has 1 aromatic heterocycles. The van der Waals surface area contributed by atoms with Gasteiger partial charge in [-0.1, -0.05) is 23.7 Å². The number of hydrogen-bond donors (Lipinski definition) is 2. The average molecular weight is 262 g/mol. The summed E-state index contributed by atoms with van der Waals surface area (Å²) < 4.78 is 0. The molecule has 1 fully saturated rings. The van der Waals surface area contributed by atoms with Crippen molar-refractivity contribution in [3.05, 3.63) is 41.2 Å². The third-order valence-corrected chi connectivity index (χ3v) is 3.78. The standard InChI is InChI=1S/C14H16ClN3/c15-12-5-3-10(4-6-12)13-9-17-18-14(13)11-2-1-7-16-8-11/h3-6,9,11,16H,1-2,7-8H2,(H,17,18)/t11-/m0/s1. The fraction of sp³-hybridized carbons (Fsp3) is 0.357. The maximum absolute atomic E-state index is 5.93. The summed E-state index contributed by atoms with van der Waals surface area (Å²) in [6, 6.07) is 7.94. The smallest absolute Gasteiger partial charge is 0.0568 e. The molecule has 0 saturated carbocycles. The summed E-state index contributed by atoms with van der Waals surface area (Å²) in [5.74, 6) is 0.534. The molecule has 0 radical (unpaired) electrons. The molecule has 0 unspecified atom stereocenters. The third-order valence-electron chi connectivity index (χ3n) is 3.53. The molecule has 1 aliphatic rings. The molecule has 18 heavy (non-hydrogen) atoms. The SMILES string of the molecule is Clc1ccc(-c2cn[nH]c2[C@H]2CCCNC2)cc1. The van der Waals surface area contributed by atoms with Crippen molar-refractivity contribution in [2.24, 2.45) is 0 Å². The van der Waals surface area contributed by atoms with E-state index in [0.717, 1.165) is 18.1 Å². The van der Waals surface area contributed by atoms with Crippen LogP contribution in [0, 0.1) is 0 Å². The lowest BCUT2D eigenvalue weighted by Crippen LogP contribution is -2.28. The largest absolute Gasteiger partial charge is 0.316 e. The van der Waals surface area contributed by atoms with Crippen LogP contribution in [0.4, 0.5) is 0 Å². The highest BCUT2D eigenvalue weighted by atomic mass is 35.5. The van der Waals surface area contributed by atoms with Crippen LogP contribution in [0.3, 0.4) is 0 Å². The van der Waals surface area contributed by atoms with Crippen molar-refractivity contribution in [2.45, 2.75) is 18.8 Å². The topological polar surface area (TPSA) is 40.7 Å². The first kappa shape index (κ1) is 11.8. The van der Waals surface area contributed by atoms with Gasteiger partial charge in [0.2, 0.25) is 0 Å². The van der Waals surface area contributed by atoms with Gasteiger partial charge in [0.25, 0.3) is 0 Å². The molecular weight excluding hydrogens is 246 g/mol. The molecule has 0 bridgehead atoms. The highest BCUT2D eigenvalue weighted by Gasteiger charge is 2.20. The van der Waals surface area contributed by atoms with Crippen molar-refractivity contribution in [1.29, 1.82) is 0 Å². The van der Waals surface area contributed by atoms with Gasteiger partial charge in [-0.15, -0.1) is 0 Å². The lowest BCUT2D eigenvalue weighted by atomic mass is 9.91. The maximum Gasteiger partial charge on any atom is 0.0568 e. The Morgan fingerprint density at radius 2 is 2.06 bits per heavy atom. The minimum Gasteiger partial charge on any atom is -0.316 e. The molecule has 1 atom stereocenters. The predicted octanol–water partition coefficient (Wildman–Crippen LogP) is 3.20. The van der Waals surface area contributed by atoms with Crippen molar-refractivity contribution in [2.75, 3.05) is 13.1 Å². The van der Waals surface area contributed by atoms with Crippen LogP contribution in [-0.2, 0) is 0 Å². The minimum atomic E-state index is 0.534. The Balaban J connectivity index is 1.93. The van der Waals surface area contributed by atoms with Crippen LogP contribution in [0.2, 0.25) is 5.02 Å². The first-order chi connectivity index (χ1) is 8.84. The van der Waals surface area contributed by atoms with Gasteiger partial charge in [0.15, 0.2) is 0 Å². The van der Waals surface area contributed by atoms with Crippen LogP contribution in [0.5, 0.6) is 0 Å². The Morgan fingerprint density at radius 1 is 1.22 bits per heavy atom. The average Bonchev–Trinajstić information content (AvgIpc) is 2.90. The predicted molar refractivity (Wildman–Crippen MR) is 73.9 cm³/mol. The first-order valence-corrected chi connectivity index (χ1v) is 6.72. The van der Waals surface area contributed by atoms with Gasteiger partial charge in [-0.3, -0.25) is 5.10 Å². The summed E-state index contributed by atoms with van der Waals surface area (Å²) in [5, 5.41) is 11.6. The molecule has 3 nitrogen and oxygen atoms in total. The number of H-pyrrole nitrogens is 1. The van der Waals surface area contributed by atoms with E-state index in [1.807, 2.05) is 30.5 Å². The van der Waals surface area contributed by atoms with Crippen molar-refractivity contribution in [3.8, 4) is 11.1 Å². The summed E-state index contributed by atoms with van der Waals surface area (Å²) >= 11 is 5.93. The van der Waals surface area contributed by atoms with Crippen molar-refractivity contribution < 1.29 is 0 Å². The van der Waals surface area contributed by atoms with Crippen LogP contribution in [0.15, 0.2) is 30.5 Å². The second-order valence-electron chi connectivity index (χ2n) is 4.75. The Bertz CT molecular complexity index is 512. The zero-order chi connectivity index (χ0) is 12.4. The van der Waals surface area contributed by atoms with Gasteiger partial charge in [-0.05, 0) is 37.1 Å². The lowest BCUT2D eigenvalue weighted by molar-refractivity contribution is 0.455. The number of benzene rings is 1. The molecule has 94 valence electrons. The second kappa shape index (κ2) is 5.12. The molecule has 2 aromatic rings. The molecule has 3 rings (SSSR count). The molecule has 0 amide bonds. The van der Waals surface area contributed by atoms with Gasteiger partial charge in [-0.2, -0.15) is 5.10 Å². The number of nitrogens with one attached hydrogen (secondary N) is 2. The Morgan fingerprint density at radius 3 is 2.78 bits per heavy atom. The maximum atomic E-state index is 5.93. The molecule has 0 spiro atoms. The van der Waals surface area contributed by atoms with Gasteiger partial charge in [-0.25, -0.2) is 0 Å². The fourth-order valence-electron chi connectivity index (χ4n) is 2.57. The number of nitrogens with zero attached hydrogens (tertiary/aromatic N) is 1. The fourth-order valence-corrected chi connectivity index (χ4v) is 2.69. The molecule has 2 heterocycles. The summed E-state index contributed by atoms with van der Waals surface area (Å²) in [7, 11) is 0. The zero-order valence-corrected chi connectivity index (χ0v) is 10.9. The van der Waals surface area contributed by atoms with E-state index in [1.54, 1.807) is 0 Å². The Labute approximate surface area is 112 Å². The van der Waals surface area contributed by atoms with E-state index < -0.39 is 0 Å². The number of aromatic amines is 1. The quantitative estimate of drug-likeness (QED) is 0.872. The molecular formula is C14H16ClN3. The van der Waals surface area contributed by atoms with E-state index in [-0.39, 0.29) is 0 Å². The normalized spacial score (nSPS) is 19.9. The number of aromatic nitrogens is 2. The summed E-state index contributed by atoms with van der Waals surface area (Å²) in [5.41, 5.74) is 3.61. The number of hydrogen-bond acceptors (Lipinski definition) is 2. The third kappa shape index (κ3) is 2.28. The van der Waals surface area contributed by atoms with Gasteiger partial charge >= 0.3 is 0 Å². The summed E-state index contributed by atoms with van der Waals surface area (Å²) in [4.78, 5) is 0. The highest BCUT2D eigenvalue weighted by Crippen LogP contribution is 2.31. The van der Waals surface area contributed by atoms with Crippen LogP contribution < -0.4 is 5.32 Å². The van der Waals surface area contributed by atoms with E-state index in [1.165, 1.54) is 29.7 Å². The number of rotatable bonds is 2. The first-order valence-electron chi connectivity index (χ1n) is 6.34. The Hall–Kier alpha value is -1.32. The van der Waals surface area contributed by atoms with Crippen molar-refractivity contribution in [1.82, 2.24) is 15.5 Å². The minimum absolute atomic E-state index is 0.534. The second-order valence-corrected chi connectivity index (χ2v) is 5.18. The van der Waals surface area contributed by atoms with Crippen LogP contribution >= 0.6 is 11.6 Å². The molecule has 2 N–H and O–H groups in total. The van der Waals surface area contributed by atoms with E-state index >= 15 is 0 Å². The molecule has 0 aliphatic carbocycles. The zero-order valence-electron chi connectivity index (χ0n) is 10.1.